The van der Waals surface area contributed by atoms with Crippen molar-refractivity contribution in [1.82, 2.24) is 4.90 Å². The minimum absolute atomic E-state index is 0.364. The van der Waals surface area contributed by atoms with Gasteiger partial charge >= 0.3 is 5.97 Å². The third-order valence-electron chi connectivity index (χ3n) is 6.39. The SMILES string of the molecule is O=C(O)C1(c2ccc(C34CCN(CC3)CC4)cc2)CCC1. The van der Waals surface area contributed by atoms with E-state index in [1.807, 2.05) is 0 Å². The van der Waals surface area contributed by atoms with Crippen LogP contribution in [0.15, 0.2) is 24.3 Å². The van der Waals surface area contributed by atoms with Crippen LogP contribution in [0, 0.1) is 0 Å². The number of hydrogen-bond acceptors (Lipinski definition) is 2. The number of carboxylic acid groups (broad SMARTS) is 1. The summed E-state index contributed by atoms with van der Waals surface area (Å²) in [7, 11) is 0. The second-order valence-corrected chi connectivity index (χ2v) is 7.19. The molecule has 1 aliphatic carbocycles. The second-order valence-electron chi connectivity index (χ2n) is 7.19. The van der Waals surface area contributed by atoms with Gasteiger partial charge in [-0.2, -0.15) is 0 Å². The summed E-state index contributed by atoms with van der Waals surface area (Å²) in [4.78, 5) is 14.2. The van der Waals surface area contributed by atoms with Gasteiger partial charge in [-0.1, -0.05) is 30.7 Å². The molecule has 1 aromatic carbocycles. The van der Waals surface area contributed by atoms with E-state index in [0.29, 0.717) is 5.41 Å². The highest BCUT2D eigenvalue weighted by Crippen LogP contribution is 2.46. The molecule has 1 saturated carbocycles. The minimum atomic E-state index is -0.648. The molecular weight excluding hydrogens is 262 g/mol. The van der Waals surface area contributed by atoms with Crippen molar-refractivity contribution in [2.24, 2.45) is 0 Å². The molecule has 0 amide bonds. The van der Waals surface area contributed by atoms with Gasteiger partial charge in [-0.05, 0) is 68.3 Å². The fraction of sp³-hybridized carbons (Fsp3) is 0.611. The van der Waals surface area contributed by atoms with Gasteiger partial charge in [-0.25, -0.2) is 0 Å². The van der Waals surface area contributed by atoms with Crippen molar-refractivity contribution in [3.63, 3.8) is 0 Å². The van der Waals surface area contributed by atoms with Crippen molar-refractivity contribution in [2.75, 3.05) is 19.6 Å². The molecule has 0 unspecified atom stereocenters. The van der Waals surface area contributed by atoms with E-state index < -0.39 is 11.4 Å². The first-order chi connectivity index (χ1) is 10.1. The van der Waals surface area contributed by atoms with Crippen LogP contribution in [-0.4, -0.2) is 35.6 Å². The molecule has 3 nitrogen and oxygen atoms in total. The Morgan fingerprint density at radius 3 is 1.86 bits per heavy atom. The summed E-state index contributed by atoms with van der Waals surface area (Å²) >= 11 is 0. The number of nitrogens with zero attached hydrogens (tertiary/aromatic N) is 1. The fourth-order valence-electron chi connectivity index (χ4n) is 4.56. The van der Waals surface area contributed by atoms with Crippen LogP contribution >= 0.6 is 0 Å². The highest BCUT2D eigenvalue weighted by molar-refractivity contribution is 5.82. The molecule has 21 heavy (non-hydrogen) atoms. The first-order valence-corrected chi connectivity index (χ1v) is 8.22. The molecule has 4 fully saturated rings. The number of carbonyl (C=O) groups is 1. The van der Waals surface area contributed by atoms with E-state index in [0.717, 1.165) is 24.8 Å². The van der Waals surface area contributed by atoms with Gasteiger partial charge in [0, 0.05) is 0 Å². The Bertz CT molecular complexity index is 537. The summed E-state index contributed by atoms with van der Waals surface area (Å²) in [5.74, 6) is -0.648. The quantitative estimate of drug-likeness (QED) is 0.928. The van der Waals surface area contributed by atoms with Gasteiger partial charge < -0.3 is 10.0 Å². The molecule has 1 aromatic rings. The van der Waals surface area contributed by atoms with Gasteiger partial charge in [-0.15, -0.1) is 0 Å². The van der Waals surface area contributed by atoms with Gasteiger partial charge in [-0.3, -0.25) is 4.79 Å². The Balaban J connectivity index is 1.63. The standard InChI is InChI=1S/C18H23NO2/c20-16(21)18(6-1-7-18)15-4-2-14(3-5-15)17-8-11-19(12-9-17)13-10-17/h2-5H,1,6-13H2,(H,20,21). The lowest BCUT2D eigenvalue weighted by Gasteiger charge is -2.49. The van der Waals surface area contributed by atoms with E-state index in [9.17, 15) is 9.90 Å². The van der Waals surface area contributed by atoms with E-state index in [-0.39, 0.29) is 0 Å². The molecule has 4 aliphatic rings. The molecule has 3 heterocycles. The Kier molecular flexibility index (Phi) is 2.90. The molecular formula is C18H23NO2. The van der Waals surface area contributed by atoms with Gasteiger partial charge in [0.2, 0.25) is 0 Å². The van der Waals surface area contributed by atoms with Crippen LogP contribution in [-0.2, 0) is 15.6 Å². The van der Waals surface area contributed by atoms with Crippen LogP contribution in [0.1, 0.15) is 49.7 Å². The van der Waals surface area contributed by atoms with Crippen LogP contribution in [0.4, 0.5) is 0 Å². The van der Waals surface area contributed by atoms with Crippen molar-refractivity contribution >= 4 is 5.97 Å². The molecule has 3 aliphatic heterocycles. The van der Waals surface area contributed by atoms with Gasteiger partial charge in [0.1, 0.15) is 0 Å². The first kappa shape index (κ1) is 13.3. The maximum absolute atomic E-state index is 11.6. The van der Waals surface area contributed by atoms with E-state index >= 15 is 0 Å². The Hall–Kier alpha value is -1.35. The summed E-state index contributed by atoms with van der Waals surface area (Å²) in [5, 5.41) is 9.55. The highest BCUT2D eigenvalue weighted by atomic mass is 16.4. The maximum Gasteiger partial charge on any atom is 0.314 e. The average molecular weight is 285 g/mol. The molecule has 3 heteroatoms. The second kappa shape index (κ2) is 4.57. The zero-order chi connectivity index (χ0) is 14.5. The molecule has 1 N–H and O–H groups in total. The van der Waals surface area contributed by atoms with E-state index in [4.69, 9.17) is 0 Å². The summed E-state index contributed by atoms with van der Waals surface area (Å²) in [6, 6.07) is 8.63. The summed E-state index contributed by atoms with van der Waals surface area (Å²) in [6.07, 6.45) is 6.40. The molecule has 0 radical (unpaired) electrons. The molecule has 5 rings (SSSR count). The number of piperidine rings is 3. The van der Waals surface area contributed by atoms with E-state index in [1.54, 1.807) is 0 Å². The molecule has 0 atom stereocenters. The maximum atomic E-state index is 11.6. The number of benzene rings is 1. The summed E-state index contributed by atoms with van der Waals surface area (Å²) < 4.78 is 0. The molecule has 2 bridgehead atoms. The zero-order valence-corrected chi connectivity index (χ0v) is 12.5. The average Bonchev–Trinajstić information content (AvgIpc) is 2.48. The Morgan fingerprint density at radius 2 is 1.43 bits per heavy atom. The first-order valence-electron chi connectivity index (χ1n) is 8.22. The Labute approximate surface area is 126 Å². The normalized spacial score (nSPS) is 33.4. The topological polar surface area (TPSA) is 40.5 Å². The minimum Gasteiger partial charge on any atom is -0.481 e. The number of rotatable bonds is 3. The van der Waals surface area contributed by atoms with E-state index in [2.05, 4.69) is 29.2 Å². The largest absolute Gasteiger partial charge is 0.481 e. The third-order valence-corrected chi connectivity index (χ3v) is 6.39. The van der Waals surface area contributed by atoms with Gasteiger partial charge in [0.15, 0.2) is 0 Å². The lowest BCUT2D eigenvalue weighted by Crippen LogP contribution is -2.50. The van der Waals surface area contributed by atoms with Crippen molar-refractivity contribution in [2.45, 2.75) is 49.4 Å². The number of carboxylic acids is 1. The molecule has 0 spiro atoms. The predicted molar refractivity (Wildman–Crippen MR) is 81.6 cm³/mol. The number of aliphatic carboxylic acids is 1. The summed E-state index contributed by atoms with van der Waals surface area (Å²) in [6.45, 7) is 3.67. The Morgan fingerprint density at radius 1 is 0.905 bits per heavy atom. The number of fused-ring (bicyclic) bond motifs is 3. The van der Waals surface area contributed by atoms with Gasteiger partial charge in [0.25, 0.3) is 0 Å². The fourth-order valence-corrected chi connectivity index (χ4v) is 4.56. The van der Waals surface area contributed by atoms with Crippen LogP contribution in [0.5, 0.6) is 0 Å². The highest BCUT2D eigenvalue weighted by Gasteiger charge is 2.46. The van der Waals surface area contributed by atoms with Crippen LogP contribution in [0.25, 0.3) is 0 Å². The lowest BCUT2D eigenvalue weighted by atomic mass is 9.63. The molecule has 0 aromatic heterocycles. The number of hydrogen-bond donors (Lipinski definition) is 1. The van der Waals surface area contributed by atoms with Crippen LogP contribution < -0.4 is 0 Å². The molecule has 3 saturated heterocycles. The van der Waals surface area contributed by atoms with Gasteiger partial charge in [0.05, 0.1) is 5.41 Å². The van der Waals surface area contributed by atoms with Crippen LogP contribution in [0.2, 0.25) is 0 Å². The lowest BCUT2D eigenvalue weighted by molar-refractivity contribution is -0.147. The van der Waals surface area contributed by atoms with E-state index in [1.165, 1.54) is 44.5 Å². The molecule has 112 valence electrons. The van der Waals surface area contributed by atoms with Crippen molar-refractivity contribution in [3.05, 3.63) is 35.4 Å². The van der Waals surface area contributed by atoms with Crippen LogP contribution in [0.3, 0.4) is 0 Å². The zero-order valence-electron chi connectivity index (χ0n) is 12.5. The summed E-state index contributed by atoms with van der Waals surface area (Å²) in [5.41, 5.74) is 2.22. The van der Waals surface area contributed by atoms with Crippen molar-refractivity contribution in [3.8, 4) is 0 Å². The predicted octanol–water partition coefficient (Wildman–Crippen LogP) is 2.93. The van der Waals surface area contributed by atoms with Crippen molar-refractivity contribution < 1.29 is 9.90 Å². The smallest absolute Gasteiger partial charge is 0.314 e. The monoisotopic (exact) mass is 285 g/mol. The van der Waals surface area contributed by atoms with Crippen molar-refractivity contribution in [1.29, 1.82) is 0 Å². The third kappa shape index (κ3) is 1.87.